The number of piperidine rings is 1. The third-order valence-electron chi connectivity index (χ3n) is 10.2. The van der Waals surface area contributed by atoms with Crippen molar-refractivity contribution in [3.05, 3.63) is 180 Å². The Labute approximate surface area is 306 Å². The SMILES string of the molecule is CSc1cccc(C2CCCCN2c2ccnc3ccc(-c4cn(C(c5ccccc5)(c5ccccc5)c5ccccc5)nc4C(F)(F)F)cc23)c1. The molecule has 8 rings (SSSR count). The van der Waals surface area contributed by atoms with E-state index in [9.17, 15) is 0 Å². The van der Waals surface area contributed by atoms with Crippen molar-refractivity contribution in [1.82, 2.24) is 14.8 Å². The number of halogens is 3. The lowest BCUT2D eigenvalue weighted by molar-refractivity contribution is -0.141. The molecule has 0 bridgehead atoms. The summed E-state index contributed by atoms with van der Waals surface area (Å²) < 4.78 is 47.2. The molecule has 7 aromatic rings. The first-order valence-corrected chi connectivity index (χ1v) is 18.7. The zero-order valence-electron chi connectivity index (χ0n) is 28.7. The van der Waals surface area contributed by atoms with E-state index in [2.05, 4.69) is 45.5 Å². The largest absolute Gasteiger partial charge is 0.435 e. The summed E-state index contributed by atoms with van der Waals surface area (Å²) in [5.74, 6) is 0. The number of rotatable bonds is 8. The maximum Gasteiger partial charge on any atom is 0.435 e. The first-order valence-electron chi connectivity index (χ1n) is 17.5. The number of alkyl halides is 3. The fourth-order valence-corrected chi connectivity index (χ4v) is 8.33. The highest BCUT2D eigenvalue weighted by molar-refractivity contribution is 7.98. The Hall–Kier alpha value is -5.34. The lowest BCUT2D eigenvalue weighted by atomic mass is 9.77. The Morgan fingerprint density at radius 1 is 0.712 bits per heavy atom. The second-order valence-corrected chi connectivity index (χ2v) is 14.1. The predicted molar refractivity (Wildman–Crippen MR) is 205 cm³/mol. The van der Waals surface area contributed by atoms with Gasteiger partial charge in [-0.05, 0) is 83.7 Å². The predicted octanol–water partition coefficient (Wildman–Crippen LogP) is 11.4. The summed E-state index contributed by atoms with van der Waals surface area (Å²) in [5, 5.41) is 5.30. The Morgan fingerprint density at radius 2 is 1.37 bits per heavy atom. The standard InChI is InChI=1S/C44H37F3N4S/c1-52-36-21-13-14-32(28-36)40-22-11-12-27-50(40)41-25-26-48-39-24-23-31(29-37(39)41)38-30-51(49-42(38)44(45,46)47)43(33-15-5-2-6-16-33,34-17-7-3-8-18-34)35-19-9-4-10-20-35/h2-10,13-21,23-26,28-30,40H,11-12,22,27H2,1H3. The van der Waals surface area contributed by atoms with Crippen LogP contribution >= 0.6 is 11.8 Å². The van der Waals surface area contributed by atoms with Crippen LogP contribution in [0.15, 0.2) is 157 Å². The average molecular weight is 711 g/mol. The molecule has 2 aromatic heterocycles. The van der Waals surface area contributed by atoms with E-state index in [1.54, 1.807) is 30.2 Å². The van der Waals surface area contributed by atoms with E-state index in [0.717, 1.165) is 59.1 Å². The number of nitrogens with zero attached hydrogens (tertiary/aromatic N) is 4. The van der Waals surface area contributed by atoms with Crippen molar-refractivity contribution in [3.8, 4) is 11.1 Å². The first-order chi connectivity index (χ1) is 25.4. The Balaban J connectivity index is 1.34. The fourth-order valence-electron chi connectivity index (χ4n) is 7.87. The normalized spacial score (nSPS) is 15.2. The lowest BCUT2D eigenvalue weighted by Crippen LogP contribution is -2.38. The van der Waals surface area contributed by atoms with Gasteiger partial charge in [-0.25, -0.2) is 0 Å². The Kier molecular flexibility index (Phi) is 9.09. The molecule has 8 heteroatoms. The Morgan fingerprint density at radius 3 is 1.98 bits per heavy atom. The van der Waals surface area contributed by atoms with Crippen LogP contribution in [0.3, 0.4) is 0 Å². The number of anilines is 1. The zero-order valence-corrected chi connectivity index (χ0v) is 29.5. The van der Waals surface area contributed by atoms with Crippen molar-refractivity contribution in [2.24, 2.45) is 0 Å². The molecule has 0 amide bonds. The molecule has 1 fully saturated rings. The highest BCUT2D eigenvalue weighted by Gasteiger charge is 2.44. The Bertz CT molecular complexity index is 2210. The summed E-state index contributed by atoms with van der Waals surface area (Å²) in [6.45, 7) is 0.844. The number of thioether (sulfide) groups is 1. The van der Waals surface area contributed by atoms with Crippen molar-refractivity contribution >= 4 is 28.4 Å². The molecule has 1 aliphatic rings. The zero-order chi connectivity index (χ0) is 35.7. The van der Waals surface area contributed by atoms with Gasteiger partial charge < -0.3 is 4.90 Å². The van der Waals surface area contributed by atoms with Crippen LogP contribution < -0.4 is 4.90 Å². The van der Waals surface area contributed by atoms with E-state index >= 15 is 13.2 Å². The topological polar surface area (TPSA) is 34.0 Å². The first kappa shape index (κ1) is 33.8. The smallest absolute Gasteiger partial charge is 0.364 e. The van der Waals surface area contributed by atoms with Gasteiger partial charge >= 0.3 is 6.18 Å². The monoisotopic (exact) mass is 710 g/mol. The molecular formula is C44H37F3N4S. The highest BCUT2D eigenvalue weighted by Crippen LogP contribution is 2.45. The minimum absolute atomic E-state index is 0.0132. The minimum Gasteiger partial charge on any atom is -0.364 e. The maximum absolute atomic E-state index is 15.2. The van der Waals surface area contributed by atoms with Gasteiger partial charge in [-0.2, -0.15) is 18.3 Å². The van der Waals surface area contributed by atoms with Crippen molar-refractivity contribution in [3.63, 3.8) is 0 Å². The van der Waals surface area contributed by atoms with Gasteiger partial charge in [0, 0.05) is 40.5 Å². The average Bonchev–Trinajstić information content (AvgIpc) is 3.66. The molecule has 0 aliphatic carbocycles. The third kappa shape index (κ3) is 6.05. The fraction of sp³-hybridized carbons (Fsp3) is 0.182. The van der Waals surface area contributed by atoms with E-state index in [4.69, 9.17) is 0 Å². The van der Waals surface area contributed by atoms with E-state index in [1.165, 1.54) is 15.1 Å². The third-order valence-corrected chi connectivity index (χ3v) is 10.9. The summed E-state index contributed by atoms with van der Waals surface area (Å²) in [6, 6.07) is 45.1. The van der Waals surface area contributed by atoms with Crippen molar-refractivity contribution in [2.45, 2.75) is 41.9 Å². The van der Waals surface area contributed by atoms with Gasteiger partial charge in [0.2, 0.25) is 0 Å². The molecule has 1 saturated heterocycles. The van der Waals surface area contributed by atoms with Crippen LogP contribution in [0.25, 0.3) is 22.0 Å². The number of aromatic nitrogens is 3. The van der Waals surface area contributed by atoms with E-state index in [0.29, 0.717) is 5.56 Å². The van der Waals surface area contributed by atoms with Crippen LogP contribution in [0.4, 0.5) is 18.9 Å². The summed E-state index contributed by atoms with van der Waals surface area (Å²) in [7, 11) is 0. The summed E-state index contributed by atoms with van der Waals surface area (Å²) in [5.41, 5.74) is 3.64. The molecular weight excluding hydrogens is 674 g/mol. The van der Waals surface area contributed by atoms with Crippen LogP contribution in [-0.4, -0.2) is 27.6 Å². The number of fused-ring (bicyclic) bond motifs is 1. The molecule has 1 unspecified atom stereocenters. The molecule has 1 aliphatic heterocycles. The van der Waals surface area contributed by atoms with Gasteiger partial charge in [0.05, 0.1) is 11.6 Å². The summed E-state index contributed by atoms with van der Waals surface area (Å²) >= 11 is 1.72. The molecule has 5 aromatic carbocycles. The number of hydrogen-bond acceptors (Lipinski definition) is 4. The van der Waals surface area contributed by atoms with Gasteiger partial charge in [0.25, 0.3) is 0 Å². The van der Waals surface area contributed by atoms with Gasteiger partial charge in [0.1, 0.15) is 5.54 Å². The second-order valence-electron chi connectivity index (χ2n) is 13.2. The van der Waals surface area contributed by atoms with Gasteiger partial charge in [-0.3, -0.25) is 9.67 Å². The lowest BCUT2D eigenvalue weighted by Gasteiger charge is -2.38. The molecule has 3 heterocycles. The van der Waals surface area contributed by atoms with E-state index in [-0.39, 0.29) is 11.6 Å². The summed E-state index contributed by atoms with van der Waals surface area (Å²) in [4.78, 5) is 8.28. The van der Waals surface area contributed by atoms with Crippen LogP contribution in [0.2, 0.25) is 0 Å². The van der Waals surface area contributed by atoms with Crippen LogP contribution in [0.1, 0.15) is 53.3 Å². The van der Waals surface area contributed by atoms with E-state index < -0.39 is 17.4 Å². The van der Waals surface area contributed by atoms with Crippen LogP contribution in [0, 0.1) is 0 Å². The van der Waals surface area contributed by atoms with Crippen LogP contribution in [0.5, 0.6) is 0 Å². The second kappa shape index (κ2) is 14.0. The molecule has 0 radical (unpaired) electrons. The maximum atomic E-state index is 15.2. The molecule has 52 heavy (non-hydrogen) atoms. The summed E-state index contributed by atoms with van der Waals surface area (Å²) in [6.07, 6.45) is 3.87. The number of benzene rings is 5. The van der Waals surface area contributed by atoms with E-state index in [1.807, 2.05) is 109 Å². The molecule has 0 spiro atoms. The van der Waals surface area contributed by atoms with Gasteiger partial charge in [-0.1, -0.05) is 109 Å². The van der Waals surface area contributed by atoms with Crippen molar-refractivity contribution in [2.75, 3.05) is 17.7 Å². The van der Waals surface area contributed by atoms with Crippen LogP contribution in [-0.2, 0) is 11.7 Å². The molecule has 260 valence electrons. The van der Waals surface area contributed by atoms with Crippen molar-refractivity contribution in [1.29, 1.82) is 0 Å². The van der Waals surface area contributed by atoms with Gasteiger partial charge in [0.15, 0.2) is 5.69 Å². The van der Waals surface area contributed by atoms with Crippen molar-refractivity contribution < 1.29 is 13.2 Å². The molecule has 0 N–H and O–H groups in total. The quantitative estimate of drug-likeness (QED) is 0.116. The molecule has 0 saturated carbocycles. The number of pyridine rings is 1. The van der Waals surface area contributed by atoms with Gasteiger partial charge in [-0.15, -0.1) is 11.8 Å². The molecule has 4 nitrogen and oxygen atoms in total. The molecule has 1 atom stereocenters. The number of hydrogen-bond donors (Lipinski definition) is 0. The highest BCUT2D eigenvalue weighted by atomic mass is 32.2. The minimum atomic E-state index is -4.72.